The van der Waals surface area contributed by atoms with Gasteiger partial charge in [0.25, 0.3) is 11.6 Å². The Balaban J connectivity index is 2.92. The summed E-state index contributed by atoms with van der Waals surface area (Å²) < 4.78 is 5.01. The van der Waals surface area contributed by atoms with E-state index in [0.717, 1.165) is 6.07 Å². The number of carbonyl (C=O) groups is 3. The predicted molar refractivity (Wildman–Crippen MR) is 74.9 cm³/mol. The highest BCUT2D eigenvalue weighted by atomic mass is 16.6. The summed E-state index contributed by atoms with van der Waals surface area (Å²) in [6, 6.07) is 3.82. The molecule has 0 heterocycles. The van der Waals surface area contributed by atoms with Crippen LogP contribution >= 0.6 is 0 Å². The maximum atomic E-state index is 12.0. The Bertz CT molecular complexity index is 614. The molecule has 0 aliphatic carbocycles. The van der Waals surface area contributed by atoms with E-state index in [-0.39, 0.29) is 11.3 Å². The first-order valence-corrected chi connectivity index (χ1v) is 6.28. The van der Waals surface area contributed by atoms with Gasteiger partial charge in [0.2, 0.25) is 0 Å². The molecule has 0 fully saturated rings. The monoisotopic (exact) mass is 309 g/mol. The van der Waals surface area contributed by atoms with Crippen LogP contribution in [0.5, 0.6) is 0 Å². The van der Waals surface area contributed by atoms with Crippen molar-refractivity contribution < 1.29 is 24.0 Å². The number of hydrogen-bond acceptors (Lipinski definition) is 6. The number of rotatable bonds is 5. The van der Waals surface area contributed by atoms with Crippen LogP contribution in [0.2, 0.25) is 0 Å². The number of primary amides is 1. The molecule has 1 aromatic rings. The number of nitro groups is 1. The number of hydrogen-bond donors (Lipinski definition) is 2. The van der Waals surface area contributed by atoms with Crippen molar-refractivity contribution in [3.8, 4) is 0 Å². The molecule has 9 nitrogen and oxygen atoms in total. The number of ether oxygens (including phenoxy) is 1. The molecule has 0 saturated carbocycles. The fourth-order valence-electron chi connectivity index (χ4n) is 1.61. The highest BCUT2D eigenvalue weighted by molar-refractivity contribution is 5.98. The van der Waals surface area contributed by atoms with E-state index >= 15 is 0 Å². The van der Waals surface area contributed by atoms with Crippen LogP contribution < -0.4 is 11.1 Å². The number of urea groups is 1. The second kappa shape index (κ2) is 7.16. The van der Waals surface area contributed by atoms with Gasteiger partial charge in [-0.05, 0) is 12.0 Å². The number of imide groups is 1. The Labute approximate surface area is 125 Å². The number of esters is 1. The molecular formula is C13H15N3O6. The fraction of sp³-hybridized carbons (Fsp3) is 0.308. The molecular weight excluding hydrogens is 294 g/mol. The quantitative estimate of drug-likeness (QED) is 0.471. The summed E-state index contributed by atoms with van der Waals surface area (Å²) in [5.74, 6) is -2.20. The number of carbonyl (C=O) groups excluding carboxylic acids is 3. The van der Waals surface area contributed by atoms with Crippen LogP contribution in [-0.2, 0) is 9.53 Å². The Morgan fingerprint density at radius 3 is 2.45 bits per heavy atom. The van der Waals surface area contributed by atoms with Crippen LogP contribution in [0.1, 0.15) is 24.2 Å². The summed E-state index contributed by atoms with van der Waals surface area (Å²) in [7, 11) is 0. The van der Waals surface area contributed by atoms with Crippen molar-refractivity contribution in [3.63, 3.8) is 0 Å². The van der Waals surface area contributed by atoms with E-state index in [9.17, 15) is 24.5 Å². The van der Waals surface area contributed by atoms with Crippen LogP contribution in [0.3, 0.4) is 0 Å². The van der Waals surface area contributed by atoms with Gasteiger partial charge in [-0.1, -0.05) is 19.9 Å². The van der Waals surface area contributed by atoms with E-state index in [4.69, 9.17) is 10.5 Å². The number of nitrogens with one attached hydrogen (secondary N) is 1. The van der Waals surface area contributed by atoms with Gasteiger partial charge in [-0.2, -0.15) is 0 Å². The SMILES string of the molecule is CC(C)[C@@H](OC(=O)c1cccc([N+](=O)[O-])c1)C(=O)NC(N)=O. The Morgan fingerprint density at radius 1 is 1.32 bits per heavy atom. The molecule has 3 N–H and O–H groups in total. The zero-order chi connectivity index (χ0) is 16.9. The van der Waals surface area contributed by atoms with E-state index in [2.05, 4.69) is 0 Å². The van der Waals surface area contributed by atoms with Crippen molar-refractivity contribution in [2.24, 2.45) is 11.7 Å². The van der Waals surface area contributed by atoms with Crippen molar-refractivity contribution in [3.05, 3.63) is 39.9 Å². The van der Waals surface area contributed by atoms with Gasteiger partial charge in [0.1, 0.15) is 0 Å². The van der Waals surface area contributed by atoms with Crippen molar-refractivity contribution >= 4 is 23.6 Å². The van der Waals surface area contributed by atoms with Gasteiger partial charge in [-0.15, -0.1) is 0 Å². The molecule has 9 heteroatoms. The molecule has 1 rings (SSSR count). The Morgan fingerprint density at radius 2 is 1.95 bits per heavy atom. The fourth-order valence-corrected chi connectivity index (χ4v) is 1.61. The van der Waals surface area contributed by atoms with Gasteiger partial charge in [0.15, 0.2) is 6.10 Å². The largest absolute Gasteiger partial charge is 0.448 e. The standard InChI is InChI=1S/C13H15N3O6/c1-7(2)10(11(17)15-13(14)19)22-12(18)8-4-3-5-9(6-8)16(20)21/h3-7,10H,1-2H3,(H3,14,15,17,19)/t10-/m1/s1. The molecule has 1 atom stereocenters. The highest BCUT2D eigenvalue weighted by Crippen LogP contribution is 2.16. The third-order valence-corrected chi connectivity index (χ3v) is 2.64. The van der Waals surface area contributed by atoms with Gasteiger partial charge in [0.05, 0.1) is 10.5 Å². The molecule has 1 aromatic carbocycles. The molecule has 0 radical (unpaired) electrons. The summed E-state index contributed by atoms with van der Waals surface area (Å²) in [4.78, 5) is 44.4. The van der Waals surface area contributed by atoms with Crippen LogP contribution in [0, 0.1) is 16.0 Å². The van der Waals surface area contributed by atoms with E-state index < -0.39 is 34.9 Å². The lowest BCUT2D eigenvalue weighted by molar-refractivity contribution is -0.384. The summed E-state index contributed by atoms with van der Waals surface area (Å²) in [5.41, 5.74) is 4.48. The molecule has 0 spiro atoms. The van der Waals surface area contributed by atoms with Crippen molar-refractivity contribution in [2.45, 2.75) is 20.0 Å². The topological polar surface area (TPSA) is 142 Å². The van der Waals surface area contributed by atoms with Gasteiger partial charge in [-0.25, -0.2) is 9.59 Å². The Kier molecular flexibility index (Phi) is 5.56. The molecule has 3 amide bonds. The van der Waals surface area contributed by atoms with E-state index in [1.807, 2.05) is 5.32 Å². The lowest BCUT2D eigenvalue weighted by atomic mass is 10.1. The second-order valence-electron chi connectivity index (χ2n) is 4.73. The summed E-state index contributed by atoms with van der Waals surface area (Å²) in [6.45, 7) is 3.21. The zero-order valence-corrected chi connectivity index (χ0v) is 11.9. The number of nitro benzene ring substituents is 1. The summed E-state index contributed by atoms with van der Waals surface area (Å²) in [5, 5.41) is 12.5. The second-order valence-corrected chi connectivity index (χ2v) is 4.73. The lowest BCUT2D eigenvalue weighted by Crippen LogP contribution is -2.45. The van der Waals surface area contributed by atoms with Crippen LogP contribution in [0.15, 0.2) is 24.3 Å². The molecule has 118 valence electrons. The number of amides is 3. The zero-order valence-electron chi connectivity index (χ0n) is 11.9. The highest BCUT2D eigenvalue weighted by Gasteiger charge is 2.28. The minimum Gasteiger partial charge on any atom is -0.448 e. The van der Waals surface area contributed by atoms with Gasteiger partial charge in [-0.3, -0.25) is 20.2 Å². The molecule has 0 aliphatic heterocycles. The van der Waals surface area contributed by atoms with Crippen molar-refractivity contribution in [2.75, 3.05) is 0 Å². The van der Waals surface area contributed by atoms with Gasteiger partial charge in [0, 0.05) is 12.1 Å². The number of nitrogens with zero attached hydrogens (tertiary/aromatic N) is 1. The van der Waals surface area contributed by atoms with Crippen LogP contribution in [0.4, 0.5) is 10.5 Å². The van der Waals surface area contributed by atoms with Gasteiger partial charge >= 0.3 is 12.0 Å². The number of benzene rings is 1. The molecule has 0 aromatic heterocycles. The van der Waals surface area contributed by atoms with E-state index in [0.29, 0.717) is 0 Å². The third-order valence-electron chi connectivity index (χ3n) is 2.64. The van der Waals surface area contributed by atoms with Crippen LogP contribution in [0.25, 0.3) is 0 Å². The maximum Gasteiger partial charge on any atom is 0.339 e. The van der Waals surface area contributed by atoms with Crippen molar-refractivity contribution in [1.29, 1.82) is 0 Å². The molecule has 0 aliphatic rings. The normalized spacial score (nSPS) is 11.6. The van der Waals surface area contributed by atoms with Gasteiger partial charge < -0.3 is 10.5 Å². The molecule has 0 bridgehead atoms. The van der Waals surface area contributed by atoms with Crippen molar-refractivity contribution in [1.82, 2.24) is 5.32 Å². The molecule has 0 saturated heterocycles. The Hall–Kier alpha value is -2.97. The summed E-state index contributed by atoms with van der Waals surface area (Å²) in [6.07, 6.45) is -1.25. The third kappa shape index (κ3) is 4.54. The van der Waals surface area contributed by atoms with E-state index in [1.165, 1.54) is 18.2 Å². The molecule has 22 heavy (non-hydrogen) atoms. The average molecular weight is 309 g/mol. The summed E-state index contributed by atoms with van der Waals surface area (Å²) >= 11 is 0. The first-order chi connectivity index (χ1) is 10.2. The number of nitrogens with two attached hydrogens (primary N) is 1. The number of non-ortho nitro benzene ring substituents is 1. The lowest BCUT2D eigenvalue weighted by Gasteiger charge is -2.19. The minimum absolute atomic E-state index is 0.0771. The molecule has 0 unspecified atom stereocenters. The average Bonchev–Trinajstić information content (AvgIpc) is 2.43. The first kappa shape index (κ1) is 17.1. The van der Waals surface area contributed by atoms with Crippen LogP contribution in [-0.4, -0.2) is 28.9 Å². The smallest absolute Gasteiger partial charge is 0.339 e. The van der Waals surface area contributed by atoms with E-state index in [1.54, 1.807) is 13.8 Å². The maximum absolute atomic E-state index is 12.0. The predicted octanol–water partition coefficient (Wildman–Crippen LogP) is 0.971. The minimum atomic E-state index is -1.25. The first-order valence-electron chi connectivity index (χ1n) is 6.28.